The molecule has 1 aliphatic rings. The van der Waals surface area contributed by atoms with Gasteiger partial charge in [0.1, 0.15) is 6.54 Å². The molecule has 0 bridgehead atoms. The summed E-state index contributed by atoms with van der Waals surface area (Å²) in [6.07, 6.45) is -3.36. The van der Waals surface area contributed by atoms with Crippen LogP contribution >= 0.6 is 48.0 Å². The summed E-state index contributed by atoms with van der Waals surface area (Å²) in [5.74, 6) is 0.414. The smallest absolute Gasteiger partial charge is 0.341 e. The lowest BCUT2D eigenvalue weighted by atomic mass is 10.3. The van der Waals surface area contributed by atoms with Crippen molar-refractivity contribution in [2.75, 3.05) is 31.1 Å². The van der Waals surface area contributed by atoms with E-state index in [2.05, 4.69) is 10.3 Å². The molecule has 1 fully saturated rings. The number of aromatic nitrogens is 2. The molecule has 0 atom stereocenters. The molecule has 23 heavy (non-hydrogen) atoms. The van der Waals surface area contributed by atoms with Crippen molar-refractivity contribution in [2.45, 2.75) is 19.1 Å². The van der Waals surface area contributed by atoms with Crippen LogP contribution < -0.4 is 10.2 Å². The minimum Gasteiger partial charge on any atom is -0.341 e. The van der Waals surface area contributed by atoms with E-state index in [0.717, 1.165) is 19.5 Å². The van der Waals surface area contributed by atoms with Crippen molar-refractivity contribution in [1.29, 1.82) is 0 Å². The van der Waals surface area contributed by atoms with Gasteiger partial charge in [-0.25, -0.2) is 4.98 Å². The zero-order valence-electron chi connectivity index (χ0n) is 12.3. The Morgan fingerprint density at radius 2 is 1.83 bits per heavy atom. The third-order valence-corrected chi connectivity index (χ3v) is 3.59. The normalized spacial score (nSPS) is 15.7. The van der Waals surface area contributed by atoms with Gasteiger partial charge in [-0.1, -0.05) is 12.1 Å². The molecule has 4 nitrogen and oxygen atoms in total. The van der Waals surface area contributed by atoms with E-state index >= 15 is 0 Å². The zero-order valence-corrected chi connectivity index (χ0v) is 17.0. The Hall–Kier alpha value is -0.300. The number of halogens is 5. The number of hydrogen-bond acceptors (Lipinski definition) is 3. The number of anilines is 1. The van der Waals surface area contributed by atoms with E-state index in [1.54, 1.807) is 24.3 Å². The summed E-state index contributed by atoms with van der Waals surface area (Å²) in [6.45, 7) is 2.02. The van der Waals surface area contributed by atoms with Crippen molar-refractivity contribution < 1.29 is 13.2 Å². The average Bonchev–Trinajstić information content (AvgIpc) is 2.63. The molecule has 1 saturated heterocycles. The van der Waals surface area contributed by atoms with Gasteiger partial charge in [0.15, 0.2) is 0 Å². The van der Waals surface area contributed by atoms with Gasteiger partial charge in [0.2, 0.25) is 5.95 Å². The summed E-state index contributed by atoms with van der Waals surface area (Å²) < 4.78 is 40.0. The van der Waals surface area contributed by atoms with Gasteiger partial charge in [-0.05, 0) is 25.1 Å². The van der Waals surface area contributed by atoms with Gasteiger partial charge in [-0.2, -0.15) is 13.2 Å². The highest BCUT2D eigenvalue weighted by molar-refractivity contribution is 14.0. The van der Waals surface area contributed by atoms with Crippen molar-refractivity contribution in [1.82, 2.24) is 14.9 Å². The number of hydrogen-bond donors (Lipinski definition) is 1. The first kappa shape index (κ1) is 20.7. The first-order valence-corrected chi connectivity index (χ1v) is 7.02. The Kier molecular flexibility index (Phi) is 7.84. The largest absolute Gasteiger partial charge is 0.406 e. The molecule has 2 heterocycles. The molecule has 1 aliphatic heterocycles. The van der Waals surface area contributed by atoms with Gasteiger partial charge in [-0.3, -0.25) is 0 Å². The topological polar surface area (TPSA) is 33.1 Å². The van der Waals surface area contributed by atoms with Gasteiger partial charge in [0.25, 0.3) is 0 Å². The van der Waals surface area contributed by atoms with E-state index in [4.69, 9.17) is 0 Å². The molecule has 1 aromatic carbocycles. The molecule has 2 aromatic rings. The van der Waals surface area contributed by atoms with Crippen LogP contribution in [0.5, 0.6) is 0 Å². The number of imidazole rings is 1. The van der Waals surface area contributed by atoms with Gasteiger partial charge in [-0.15, -0.1) is 48.0 Å². The highest BCUT2D eigenvalue weighted by Crippen LogP contribution is 2.28. The fourth-order valence-electron chi connectivity index (χ4n) is 2.69. The first-order valence-electron chi connectivity index (χ1n) is 7.02. The SMILES string of the molecule is FC(F)(F)Cn1c(N2CCCNCC2)nc2ccccc21.I.I. The summed E-state index contributed by atoms with van der Waals surface area (Å²) in [4.78, 5) is 6.36. The third kappa shape index (κ3) is 5.08. The van der Waals surface area contributed by atoms with Crippen LogP contribution in [-0.4, -0.2) is 41.9 Å². The average molecular weight is 554 g/mol. The molecular formula is C14H19F3I2N4. The van der Waals surface area contributed by atoms with Crippen molar-refractivity contribution in [2.24, 2.45) is 0 Å². The lowest BCUT2D eigenvalue weighted by molar-refractivity contribution is -0.139. The Balaban J connectivity index is 0.00000132. The molecule has 3 rings (SSSR count). The number of alkyl halides is 3. The predicted octanol–water partition coefficient (Wildman–Crippen LogP) is 3.63. The van der Waals surface area contributed by atoms with E-state index in [-0.39, 0.29) is 48.0 Å². The molecule has 0 aliphatic carbocycles. The van der Waals surface area contributed by atoms with Crippen LogP contribution in [0.25, 0.3) is 11.0 Å². The number of fused-ring (bicyclic) bond motifs is 1. The number of rotatable bonds is 2. The second kappa shape index (κ2) is 8.70. The van der Waals surface area contributed by atoms with E-state index in [1.807, 2.05) is 4.90 Å². The second-order valence-electron chi connectivity index (χ2n) is 5.19. The van der Waals surface area contributed by atoms with Gasteiger partial charge in [0.05, 0.1) is 11.0 Å². The molecular weight excluding hydrogens is 535 g/mol. The Bertz CT molecular complexity index is 622. The van der Waals surface area contributed by atoms with Crippen molar-refractivity contribution in [3.05, 3.63) is 24.3 Å². The molecule has 0 radical (unpaired) electrons. The predicted molar refractivity (Wildman–Crippen MR) is 106 cm³/mol. The summed E-state index contributed by atoms with van der Waals surface area (Å²) in [7, 11) is 0. The van der Waals surface area contributed by atoms with E-state index in [9.17, 15) is 13.2 Å². The van der Waals surface area contributed by atoms with Crippen LogP contribution in [-0.2, 0) is 6.54 Å². The molecule has 130 valence electrons. The van der Waals surface area contributed by atoms with Crippen LogP contribution in [0.3, 0.4) is 0 Å². The standard InChI is InChI=1S/C14H17F3N4.2HI/c15-14(16,17)10-21-12-5-2-1-4-11(12)19-13(21)20-8-3-6-18-7-9-20;;/h1-2,4-5,18H,3,6-10H2;2*1H. The van der Waals surface area contributed by atoms with Gasteiger partial charge < -0.3 is 14.8 Å². The van der Waals surface area contributed by atoms with Crippen LogP contribution in [0.4, 0.5) is 19.1 Å². The number of benzene rings is 1. The fourth-order valence-corrected chi connectivity index (χ4v) is 2.69. The summed E-state index contributed by atoms with van der Waals surface area (Å²) in [5, 5.41) is 3.25. The maximum atomic E-state index is 12.9. The molecule has 1 aromatic heterocycles. The van der Waals surface area contributed by atoms with E-state index in [0.29, 0.717) is 30.1 Å². The zero-order chi connectivity index (χ0) is 14.9. The monoisotopic (exact) mass is 554 g/mol. The van der Waals surface area contributed by atoms with Crippen molar-refractivity contribution in [3.8, 4) is 0 Å². The van der Waals surface area contributed by atoms with Crippen LogP contribution in [0.1, 0.15) is 6.42 Å². The fraction of sp³-hybridized carbons (Fsp3) is 0.500. The van der Waals surface area contributed by atoms with E-state index < -0.39 is 12.7 Å². The highest BCUT2D eigenvalue weighted by Gasteiger charge is 2.31. The minimum atomic E-state index is -4.26. The molecule has 0 saturated carbocycles. The van der Waals surface area contributed by atoms with Crippen molar-refractivity contribution in [3.63, 3.8) is 0 Å². The Morgan fingerprint density at radius 1 is 1.09 bits per heavy atom. The third-order valence-electron chi connectivity index (χ3n) is 3.59. The van der Waals surface area contributed by atoms with Crippen molar-refractivity contribution >= 4 is 64.9 Å². The number of para-hydroxylation sites is 2. The molecule has 9 heteroatoms. The summed E-state index contributed by atoms with van der Waals surface area (Å²) in [6, 6.07) is 6.97. The Morgan fingerprint density at radius 3 is 2.57 bits per heavy atom. The highest BCUT2D eigenvalue weighted by atomic mass is 127. The minimum absolute atomic E-state index is 0. The van der Waals surface area contributed by atoms with Crippen LogP contribution in [0.15, 0.2) is 24.3 Å². The first-order chi connectivity index (χ1) is 10.0. The molecule has 0 spiro atoms. The van der Waals surface area contributed by atoms with Gasteiger partial charge in [0, 0.05) is 19.6 Å². The number of nitrogens with one attached hydrogen (secondary N) is 1. The quantitative estimate of drug-likeness (QED) is 0.577. The van der Waals surface area contributed by atoms with E-state index in [1.165, 1.54) is 4.57 Å². The lowest BCUT2D eigenvalue weighted by Gasteiger charge is -2.23. The second-order valence-corrected chi connectivity index (χ2v) is 5.19. The maximum Gasteiger partial charge on any atom is 0.406 e. The number of nitrogens with zero attached hydrogens (tertiary/aromatic N) is 3. The molecule has 0 unspecified atom stereocenters. The Labute approximate surface area is 166 Å². The molecule has 0 amide bonds. The lowest BCUT2D eigenvalue weighted by Crippen LogP contribution is -2.31. The summed E-state index contributed by atoms with van der Waals surface area (Å²) in [5.41, 5.74) is 1.14. The van der Waals surface area contributed by atoms with Gasteiger partial charge >= 0.3 is 6.18 Å². The maximum absolute atomic E-state index is 12.9. The summed E-state index contributed by atoms with van der Waals surface area (Å²) >= 11 is 0. The van der Waals surface area contributed by atoms with Crippen LogP contribution in [0, 0.1) is 0 Å². The molecule has 1 N–H and O–H groups in total. The van der Waals surface area contributed by atoms with Crippen LogP contribution in [0.2, 0.25) is 0 Å².